The average molecular weight is 387 g/mol. The second-order valence-corrected chi connectivity index (χ2v) is 6.96. The quantitative estimate of drug-likeness (QED) is 0.762. The van der Waals surface area contributed by atoms with Crippen LogP contribution >= 0.6 is 11.8 Å². The third-order valence-electron chi connectivity index (χ3n) is 4.12. The highest BCUT2D eigenvalue weighted by Crippen LogP contribution is 2.39. The van der Waals surface area contributed by atoms with Gasteiger partial charge < -0.3 is 14.6 Å². The van der Waals surface area contributed by atoms with Crippen LogP contribution in [0.4, 0.5) is 5.69 Å². The molecule has 0 aliphatic carbocycles. The van der Waals surface area contributed by atoms with Crippen LogP contribution in [-0.4, -0.2) is 42.4 Å². The van der Waals surface area contributed by atoms with Crippen LogP contribution in [0.3, 0.4) is 0 Å². The van der Waals surface area contributed by atoms with Gasteiger partial charge in [-0.15, -0.1) is 11.8 Å². The molecule has 1 N–H and O–H groups in total. The number of amides is 2. The summed E-state index contributed by atoms with van der Waals surface area (Å²) in [4.78, 5) is 38.3. The van der Waals surface area contributed by atoms with Crippen molar-refractivity contribution >= 4 is 35.2 Å². The monoisotopic (exact) mass is 387 g/mol. The lowest BCUT2D eigenvalue weighted by atomic mass is 10.2. The van der Waals surface area contributed by atoms with Crippen molar-refractivity contribution in [1.82, 2.24) is 0 Å². The number of carboxylic acid groups (broad SMARTS) is 1. The fraction of sp³-hybridized carbons (Fsp3) is 0.211. The van der Waals surface area contributed by atoms with Gasteiger partial charge in [-0.3, -0.25) is 9.59 Å². The maximum absolute atomic E-state index is 12.9. The summed E-state index contributed by atoms with van der Waals surface area (Å²) >= 11 is 1.08. The van der Waals surface area contributed by atoms with E-state index in [1.165, 1.54) is 20.3 Å². The maximum atomic E-state index is 12.9. The molecular weight excluding hydrogens is 370 g/mol. The Balaban J connectivity index is 1.89. The second kappa shape index (κ2) is 7.71. The first-order chi connectivity index (χ1) is 13.0. The highest BCUT2D eigenvalue weighted by molar-refractivity contribution is 8.00. The number of aromatic carboxylic acids is 1. The Labute approximate surface area is 159 Å². The first kappa shape index (κ1) is 18.8. The lowest BCUT2D eigenvalue weighted by Gasteiger charge is -2.18. The minimum atomic E-state index is -1.08. The predicted octanol–water partition coefficient (Wildman–Crippen LogP) is 2.83. The molecule has 0 aromatic heterocycles. The highest BCUT2D eigenvalue weighted by Gasteiger charge is 2.41. The fourth-order valence-electron chi connectivity index (χ4n) is 2.82. The van der Waals surface area contributed by atoms with Gasteiger partial charge in [0, 0.05) is 17.4 Å². The summed E-state index contributed by atoms with van der Waals surface area (Å²) in [6, 6.07) is 11.2. The molecule has 140 valence electrons. The molecule has 0 unspecified atom stereocenters. The number of benzene rings is 2. The third kappa shape index (κ3) is 3.61. The van der Waals surface area contributed by atoms with Crippen LogP contribution in [0, 0.1) is 0 Å². The van der Waals surface area contributed by atoms with E-state index in [9.17, 15) is 19.5 Å². The van der Waals surface area contributed by atoms with Crippen molar-refractivity contribution in [3.8, 4) is 11.5 Å². The number of methoxy groups -OCH3 is 2. The molecule has 2 amide bonds. The average Bonchev–Trinajstić information content (AvgIpc) is 2.94. The van der Waals surface area contributed by atoms with Crippen LogP contribution in [0.2, 0.25) is 0 Å². The van der Waals surface area contributed by atoms with Crippen molar-refractivity contribution in [2.24, 2.45) is 0 Å². The normalized spacial score (nSPS) is 16.5. The predicted molar refractivity (Wildman–Crippen MR) is 99.7 cm³/mol. The number of hydrogen-bond acceptors (Lipinski definition) is 6. The van der Waals surface area contributed by atoms with Crippen LogP contribution in [0.15, 0.2) is 47.4 Å². The minimum absolute atomic E-state index is 0.0212. The topological polar surface area (TPSA) is 93.1 Å². The molecule has 1 atom stereocenters. The number of thioether (sulfide) groups is 1. The van der Waals surface area contributed by atoms with Crippen molar-refractivity contribution in [2.75, 3.05) is 19.1 Å². The molecule has 1 fully saturated rings. The third-order valence-corrected chi connectivity index (χ3v) is 5.38. The molecule has 27 heavy (non-hydrogen) atoms. The summed E-state index contributed by atoms with van der Waals surface area (Å²) < 4.78 is 10.4. The van der Waals surface area contributed by atoms with Gasteiger partial charge in [-0.05, 0) is 24.3 Å². The molecule has 0 bridgehead atoms. The number of ether oxygens (including phenoxy) is 2. The molecule has 1 aliphatic heterocycles. The molecule has 1 saturated heterocycles. The number of hydrogen-bond donors (Lipinski definition) is 1. The fourth-order valence-corrected chi connectivity index (χ4v) is 4.00. The Morgan fingerprint density at radius 1 is 1.15 bits per heavy atom. The second-order valence-electron chi connectivity index (χ2n) is 5.72. The van der Waals surface area contributed by atoms with Gasteiger partial charge in [0.2, 0.25) is 11.8 Å². The van der Waals surface area contributed by atoms with Crippen molar-refractivity contribution in [3.05, 3.63) is 48.0 Å². The van der Waals surface area contributed by atoms with Gasteiger partial charge >= 0.3 is 5.97 Å². The van der Waals surface area contributed by atoms with E-state index < -0.39 is 17.1 Å². The lowest BCUT2D eigenvalue weighted by Crippen LogP contribution is -2.31. The van der Waals surface area contributed by atoms with Gasteiger partial charge in [-0.25, -0.2) is 9.69 Å². The summed E-state index contributed by atoms with van der Waals surface area (Å²) in [5.41, 5.74) is 0.436. The van der Waals surface area contributed by atoms with E-state index in [-0.39, 0.29) is 17.9 Å². The summed E-state index contributed by atoms with van der Waals surface area (Å²) in [6.07, 6.45) is -0.0212. The number of carboxylic acids is 1. The molecule has 1 heterocycles. The van der Waals surface area contributed by atoms with Crippen LogP contribution in [0.1, 0.15) is 16.8 Å². The summed E-state index contributed by atoms with van der Waals surface area (Å²) in [6.45, 7) is 0. The van der Waals surface area contributed by atoms with E-state index >= 15 is 0 Å². The first-order valence-corrected chi connectivity index (χ1v) is 8.92. The lowest BCUT2D eigenvalue weighted by molar-refractivity contribution is -0.121. The van der Waals surface area contributed by atoms with Crippen LogP contribution in [-0.2, 0) is 9.59 Å². The number of imide groups is 1. The van der Waals surface area contributed by atoms with Crippen molar-refractivity contribution in [3.63, 3.8) is 0 Å². The molecule has 8 heteroatoms. The Morgan fingerprint density at radius 3 is 2.56 bits per heavy atom. The summed E-state index contributed by atoms with van der Waals surface area (Å²) in [7, 11) is 2.95. The smallest absolute Gasteiger partial charge is 0.336 e. The van der Waals surface area contributed by atoms with Gasteiger partial charge in [0.25, 0.3) is 0 Å². The van der Waals surface area contributed by atoms with Crippen molar-refractivity contribution in [1.29, 1.82) is 0 Å². The Morgan fingerprint density at radius 2 is 1.89 bits per heavy atom. The van der Waals surface area contributed by atoms with Gasteiger partial charge in [0.1, 0.15) is 11.5 Å². The Bertz CT molecular complexity index is 913. The maximum Gasteiger partial charge on any atom is 0.336 e. The largest absolute Gasteiger partial charge is 0.497 e. The Kier molecular flexibility index (Phi) is 5.36. The zero-order valence-electron chi connectivity index (χ0n) is 14.7. The van der Waals surface area contributed by atoms with Crippen LogP contribution in [0.25, 0.3) is 0 Å². The van der Waals surface area contributed by atoms with E-state index in [0.29, 0.717) is 22.1 Å². The van der Waals surface area contributed by atoms with E-state index in [1.807, 2.05) is 0 Å². The number of carbonyl (C=O) groups excluding carboxylic acids is 2. The summed E-state index contributed by atoms with van der Waals surface area (Å²) in [5.74, 6) is -0.977. The molecule has 0 spiro atoms. The molecule has 7 nitrogen and oxygen atoms in total. The van der Waals surface area contributed by atoms with Gasteiger partial charge in [-0.1, -0.05) is 12.1 Å². The molecule has 0 radical (unpaired) electrons. The molecule has 2 aromatic carbocycles. The zero-order valence-corrected chi connectivity index (χ0v) is 15.5. The number of anilines is 1. The number of carbonyl (C=O) groups is 3. The van der Waals surface area contributed by atoms with Crippen LogP contribution < -0.4 is 14.4 Å². The minimum Gasteiger partial charge on any atom is -0.497 e. The zero-order chi connectivity index (χ0) is 19.6. The summed E-state index contributed by atoms with van der Waals surface area (Å²) in [5, 5.41) is 8.60. The standard InChI is InChI=1S/C19H17NO6S/c1-25-11-7-8-13(14(9-11)26-2)20-17(21)10-16(18(20)22)27-15-6-4-3-5-12(15)19(23)24/h3-9,16H,10H2,1-2H3,(H,23,24)/t16-/m1/s1. The number of nitrogens with zero attached hydrogens (tertiary/aromatic N) is 1. The Hall–Kier alpha value is -3.00. The van der Waals surface area contributed by atoms with Gasteiger partial charge in [0.05, 0.1) is 30.7 Å². The molecule has 1 aliphatic rings. The SMILES string of the molecule is COc1ccc(N2C(=O)C[C@@H](Sc3ccccc3C(=O)O)C2=O)c(OC)c1. The van der Waals surface area contributed by atoms with Crippen molar-refractivity contribution < 1.29 is 29.0 Å². The van der Waals surface area contributed by atoms with Crippen molar-refractivity contribution in [2.45, 2.75) is 16.6 Å². The van der Waals surface area contributed by atoms with E-state index in [1.54, 1.807) is 36.4 Å². The first-order valence-electron chi connectivity index (χ1n) is 8.04. The highest BCUT2D eigenvalue weighted by atomic mass is 32.2. The molecular formula is C19H17NO6S. The molecule has 0 saturated carbocycles. The van der Waals surface area contributed by atoms with Gasteiger partial charge in [-0.2, -0.15) is 0 Å². The van der Waals surface area contributed by atoms with E-state index in [0.717, 1.165) is 16.7 Å². The van der Waals surface area contributed by atoms with Crippen LogP contribution in [0.5, 0.6) is 11.5 Å². The van der Waals surface area contributed by atoms with Gasteiger partial charge in [0.15, 0.2) is 0 Å². The van der Waals surface area contributed by atoms with E-state index in [2.05, 4.69) is 0 Å². The molecule has 3 rings (SSSR count). The van der Waals surface area contributed by atoms with E-state index in [4.69, 9.17) is 9.47 Å². The number of rotatable bonds is 6. The molecule has 2 aromatic rings.